The van der Waals surface area contributed by atoms with Crippen LogP contribution in [0, 0.1) is 0 Å². The maximum absolute atomic E-state index is 13.0. The summed E-state index contributed by atoms with van der Waals surface area (Å²) in [6.45, 7) is 2.50. The summed E-state index contributed by atoms with van der Waals surface area (Å²) in [5.41, 5.74) is 0.343. The summed E-state index contributed by atoms with van der Waals surface area (Å²) in [4.78, 5) is 34.2. The highest BCUT2D eigenvalue weighted by molar-refractivity contribution is 5.81. The van der Waals surface area contributed by atoms with Crippen LogP contribution >= 0.6 is 0 Å². The number of benzene rings is 2. The van der Waals surface area contributed by atoms with Gasteiger partial charge in [0.2, 0.25) is 0 Å². The number of aromatic nitrogens is 2. The largest absolute Gasteiger partial charge is 0.497 e. The number of aromatic amines is 1. The van der Waals surface area contributed by atoms with Gasteiger partial charge >= 0.3 is 0 Å². The second kappa shape index (κ2) is 9.89. The lowest BCUT2D eigenvalue weighted by Gasteiger charge is -2.25. The van der Waals surface area contributed by atoms with E-state index in [0.717, 1.165) is 0 Å². The molecule has 3 rings (SSSR count). The minimum Gasteiger partial charge on any atom is -0.497 e. The number of nitrogens with zero attached hydrogens (tertiary/aromatic N) is 2. The highest BCUT2D eigenvalue weighted by Gasteiger charge is 2.23. The lowest BCUT2D eigenvalue weighted by Crippen LogP contribution is -2.42. The zero-order valence-corrected chi connectivity index (χ0v) is 17.3. The van der Waals surface area contributed by atoms with Gasteiger partial charge in [-0.3, -0.25) is 9.59 Å². The van der Waals surface area contributed by atoms with Gasteiger partial charge in [-0.25, -0.2) is 4.98 Å². The SMILES string of the molecule is COCCN(Cc1nc2ccccc2c(=O)[nH]1)C(=O)[C@@H](C)Oc1ccc(OC)cc1. The lowest BCUT2D eigenvalue weighted by atomic mass is 10.2. The van der Waals surface area contributed by atoms with E-state index in [1.54, 1.807) is 68.5 Å². The van der Waals surface area contributed by atoms with Crippen LogP contribution in [0.15, 0.2) is 53.3 Å². The molecule has 8 heteroatoms. The van der Waals surface area contributed by atoms with Crippen LogP contribution in [-0.2, 0) is 16.1 Å². The zero-order valence-electron chi connectivity index (χ0n) is 17.3. The van der Waals surface area contributed by atoms with E-state index in [-0.39, 0.29) is 18.0 Å². The first kappa shape index (κ1) is 21.3. The molecule has 1 heterocycles. The van der Waals surface area contributed by atoms with E-state index in [1.807, 2.05) is 6.07 Å². The molecule has 2 aromatic carbocycles. The molecule has 0 spiro atoms. The molecule has 0 fully saturated rings. The average Bonchev–Trinajstić information content (AvgIpc) is 2.76. The molecule has 0 radical (unpaired) electrons. The van der Waals surface area contributed by atoms with E-state index in [9.17, 15) is 9.59 Å². The molecule has 0 aliphatic carbocycles. The number of H-pyrrole nitrogens is 1. The molecular weight excluding hydrogens is 386 g/mol. The standard InChI is InChI=1S/C22H25N3O5/c1-15(30-17-10-8-16(29-3)9-11-17)22(27)25(12-13-28-2)14-20-23-19-7-5-4-6-18(19)21(26)24-20/h4-11,15H,12-14H2,1-3H3,(H,23,24,26)/t15-/m1/s1. The Bertz CT molecular complexity index is 1050. The number of nitrogens with one attached hydrogen (secondary N) is 1. The summed E-state index contributed by atoms with van der Waals surface area (Å²) in [5.74, 6) is 1.42. The molecule has 0 unspecified atom stereocenters. The van der Waals surface area contributed by atoms with Crippen molar-refractivity contribution in [2.24, 2.45) is 0 Å². The Morgan fingerprint density at radius 3 is 2.50 bits per heavy atom. The fourth-order valence-corrected chi connectivity index (χ4v) is 3.03. The number of hydrogen-bond donors (Lipinski definition) is 1. The number of amides is 1. The number of hydrogen-bond acceptors (Lipinski definition) is 6. The molecule has 0 saturated carbocycles. The van der Waals surface area contributed by atoms with Gasteiger partial charge in [-0.1, -0.05) is 12.1 Å². The highest BCUT2D eigenvalue weighted by atomic mass is 16.5. The third kappa shape index (κ3) is 5.15. The molecule has 1 N–H and O–H groups in total. The smallest absolute Gasteiger partial charge is 0.263 e. The van der Waals surface area contributed by atoms with Crippen molar-refractivity contribution in [2.75, 3.05) is 27.4 Å². The van der Waals surface area contributed by atoms with Crippen LogP contribution in [0.25, 0.3) is 10.9 Å². The van der Waals surface area contributed by atoms with Crippen molar-refractivity contribution in [2.45, 2.75) is 19.6 Å². The molecule has 0 aliphatic rings. The van der Waals surface area contributed by atoms with Crippen molar-refractivity contribution in [1.29, 1.82) is 0 Å². The number of carbonyl (C=O) groups is 1. The fourth-order valence-electron chi connectivity index (χ4n) is 3.03. The Balaban J connectivity index is 1.77. The van der Waals surface area contributed by atoms with E-state index < -0.39 is 6.10 Å². The molecule has 0 saturated heterocycles. The molecule has 3 aromatic rings. The average molecular weight is 411 g/mol. The highest BCUT2D eigenvalue weighted by Crippen LogP contribution is 2.19. The van der Waals surface area contributed by atoms with Crippen molar-refractivity contribution >= 4 is 16.8 Å². The van der Waals surface area contributed by atoms with E-state index in [1.165, 1.54) is 0 Å². The van der Waals surface area contributed by atoms with Crippen LogP contribution in [0.1, 0.15) is 12.7 Å². The van der Waals surface area contributed by atoms with Crippen LogP contribution in [-0.4, -0.2) is 54.3 Å². The van der Waals surface area contributed by atoms with Crippen LogP contribution < -0.4 is 15.0 Å². The first-order valence-electron chi connectivity index (χ1n) is 9.58. The number of rotatable bonds is 9. The van der Waals surface area contributed by atoms with Crippen LogP contribution in [0.5, 0.6) is 11.5 Å². The van der Waals surface area contributed by atoms with Crippen LogP contribution in [0.4, 0.5) is 0 Å². The van der Waals surface area contributed by atoms with Gasteiger partial charge in [0.25, 0.3) is 11.5 Å². The fraction of sp³-hybridized carbons (Fsp3) is 0.318. The topological polar surface area (TPSA) is 93.8 Å². The van der Waals surface area contributed by atoms with Crippen molar-refractivity contribution in [3.8, 4) is 11.5 Å². The quantitative estimate of drug-likeness (QED) is 0.581. The zero-order chi connectivity index (χ0) is 21.5. The molecule has 1 amide bonds. The van der Waals surface area contributed by atoms with E-state index >= 15 is 0 Å². The summed E-state index contributed by atoms with van der Waals surface area (Å²) in [7, 11) is 3.15. The van der Waals surface area contributed by atoms with E-state index in [4.69, 9.17) is 14.2 Å². The predicted molar refractivity (Wildman–Crippen MR) is 113 cm³/mol. The van der Waals surface area contributed by atoms with Gasteiger partial charge in [0.15, 0.2) is 6.10 Å². The van der Waals surface area contributed by atoms with Gasteiger partial charge in [-0.2, -0.15) is 0 Å². The molecule has 0 bridgehead atoms. The normalized spacial score (nSPS) is 11.8. The van der Waals surface area contributed by atoms with Gasteiger partial charge in [-0.05, 0) is 43.3 Å². The first-order chi connectivity index (χ1) is 14.5. The number of methoxy groups -OCH3 is 2. The Hall–Kier alpha value is -3.39. The van der Waals surface area contributed by atoms with Gasteiger partial charge in [0.05, 0.1) is 31.2 Å². The molecule has 1 aromatic heterocycles. The number of carbonyl (C=O) groups excluding carboxylic acids is 1. The Morgan fingerprint density at radius 2 is 1.80 bits per heavy atom. The lowest BCUT2D eigenvalue weighted by molar-refractivity contribution is -0.139. The van der Waals surface area contributed by atoms with Gasteiger partial charge < -0.3 is 24.1 Å². The molecule has 0 aliphatic heterocycles. The van der Waals surface area contributed by atoms with Crippen molar-refractivity contribution in [3.05, 3.63) is 64.7 Å². The second-order valence-electron chi connectivity index (χ2n) is 6.72. The number of fused-ring (bicyclic) bond motifs is 1. The summed E-state index contributed by atoms with van der Waals surface area (Å²) in [5, 5.41) is 0.507. The van der Waals surface area contributed by atoms with Crippen LogP contribution in [0.2, 0.25) is 0 Å². The Morgan fingerprint density at radius 1 is 1.10 bits per heavy atom. The Labute approximate surface area is 174 Å². The number of para-hydroxylation sites is 1. The maximum atomic E-state index is 13.0. The van der Waals surface area contributed by atoms with E-state index in [2.05, 4.69) is 9.97 Å². The van der Waals surface area contributed by atoms with Gasteiger partial charge in [-0.15, -0.1) is 0 Å². The summed E-state index contributed by atoms with van der Waals surface area (Å²) in [6, 6.07) is 14.1. The van der Waals surface area contributed by atoms with Gasteiger partial charge in [0, 0.05) is 13.7 Å². The van der Waals surface area contributed by atoms with Crippen molar-refractivity contribution in [3.63, 3.8) is 0 Å². The summed E-state index contributed by atoms with van der Waals surface area (Å²) >= 11 is 0. The van der Waals surface area contributed by atoms with Crippen molar-refractivity contribution < 1.29 is 19.0 Å². The Kier molecular flexibility index (Phi) is 7.03. The molecule has 1 atom stereocenters. The minimum atomic E-state index is -0.734. The summed E-state index contributed by atoms with van der Waals surface area (Å²) in [6.07, 6.45) is -0.734. The maximum Gasteiger partial charge on any atom is 0.263 e. The third-order valence-electron chi connectivity index (χ3n) is 4.60. The number of ether oxygens (including phenoxy) is 3. The summed E-state index contributed by atoms with van der Waals surface area (Å²) < 4.78 is 16.1. The molecule has 8 nitrogen and oxygen atoms in total. The predicted octanol–water partition coefficient (Wildman–Crippen LogP) is 2.37. The molecule has 158 valence electrons. The molecule has 30 heavy (non-hydrogen) atoms. The van der Waals surface area contributed by atoms with Crippen LogP contribution in [0.3, 0.4) is 0 Å². The minimum absolute atomic E-state index is 0.137. The van der Waals surface area contributed by atoms with Gasteiger partial charge in [0.1, 0.15) is 17.3 Å². The second-order valence-corrected chi connectivity index (χ2v) is 6.72. The molecular formula is C22H25N3O5. The van der Waals surface area contributed by atoms with E-state index in [0.29, 0.717) is 41.4 Å². The third-order valence-corrected chi connectivity index (χ3v) is 4.60. The first-order valence-corrected chi connectivity index (χ1v) is 9.58. The monoisotopic (exact) mass is 411 g/mol. The van der Waals surface area contributed by atoms with Crippen molar-refractivity contribution in [1.82, 2.24) is 14.9 Å².